The van der Waals surface area contributed by atoms with Crippen LogP contribution in [-0.4, -0.2) is 61.9 Å². The molecule has 0 spiro atoms. The van der Waals surface area contributed by atoms with Crippen molar-refractivity contribution in [1.82, 2.24) is 15.1 Å². The zero-order valence-corrected chi connectivity index (χ0v) is 16.0. The second kappa shape index (κ2) is 8.67. The van der Waals surface area contributed by atoms with Gasteiger partial charge < -0.3 is 15.1 Å². The van der Waals surface area contributed by atoms with Crippen LogP contribution in [0.15, 0.2) is 30.3 Å². The van der Waals surface area contributed by atoms with Crippen molar-refractivity contribution in [3.05, 3.63) is 35.9 Å². The summed E-state index contributed by atoms with van der Waals surface area (Å²) >= 11 is 0. The lowest BCUT2D eigenvalue weighted by Gasteiger charge is -2.32. The van der Waals surface area contributed by atoms with Crippen LogP contribution in [0.2, 0.25) is 0 Å². The van der Waals surface area contributed by atoms with Gasteiger partial charge in [0.05, 0.1) is 11.8 Å². The van der Waals surface area contributed by atoms with E-state index >= 15 is 0 Å². The van der Waals surface area contributed by atoms with Gasteiger partial charge >= 0.3 is 0 Å². The maximum Gasteiger partial charge on any atom is 0.226 e. The highest BCUT2D eigenvalue weighted by Gasteiger charge is 2.49. The van der Waals surface area contributed by atoms with Crippen molar-refractivity contribution in [2.75, 3.05) is 40.3 Å². The number of piperidine rings is 1. The average molecular weight is 357 g/mol. The van der Waals surface area contributed by atoms with Gasteiger partial charge in [0.25, 0.3) is 0 Å². The molecule has 3 rings (SSSR count). The molecule has 1 saturated carbocycles. The van der Waals surface area contributed by atoms with Crippen molar-refractivity contribution in [3.8, 4) is 0 Å². The lowest BCUT2D eigenvalue weighted by atomic mass is 9.90. The minimum absolute atomic E-state index is 0.0455. The molecule has 2 unspecified atom stereocenters. The van der Waals surface area contributed by atoms with Gasteiger partial charge in [0, 0.05) is 26.2 Å². The summed E-state index contributed by atoms with van der Waals surface area (Å²) in [5.41, 5.74) is 1.38. The molecule has 5 nitrogen and oxygen atoms in total. The van der Waals surface area contributed by atoms with Gasteiger partial charge in [-0.25, -0.2) is 0 Å². The number of carbonyl (C=O) groups excluding carboxylic acids is 2. The fourth-order valence-electron chi connectivity index (χ4n) is 3.83. The normalized spacial score (nSPS) is 23.1. The van der Waals surface area contributed by atoms with Crippen molar-refractivity contribution in [3.63, 3.8) is 0 Å². The fraction of sp³-hybridized carbons (Fsp3) is 0.619. The standard InChI is InChI=1S/C21H31N3O2/c1-23(2)13-10-22-20(25)18-15-19(18)21(26)24-11-8-17(9-12-24)14-16-6-4-3-5-7-16/h3-7,17-19H,8-15H2,1-2H3,(H,22,25). The largest absolute Gasteiger partial charge is 0.355 e. The Kier molecular flexibility index (Phi) is 6.30. The molecule has 0 radical (unpaired) electrons. The Bertz CT molecular complexity index is 609. The lowest BCUT2D eigenvalue weighted by Crippen LogP contribution is -2.41. The molecule has 2 amide bonds. The molecule has 142 valence electrons. The zero-order valence-electron chi connectivity index (χ0n) is 16.0. The number of amides is 2. The van der Waals surface area contributed by atoms with Gasteiger partial charge in [-0.2, -0.15) is 0 Å². The smallest absolute Gasteiger partial charge is 0.226 e. The van der Waals surface area contributed by atoms with E-state index in [1.807, 2.05) is 30.0 Å². The Labute approximate surface area is 156 Å². The van der Waals surface area contributed by atoms with E-state index in [0.717, 1.165) is 45.3 Å². The van der Waals surface area contributed by atoms with E-state index in [1.165, 1.54) is 5.56 Å². The minimum atomic E-state index is -0.105. The third-order valence-electron chi connectivity index (χ3n) is 5.60. The molecule has 2 fully saturated rings. The van der Waals surface area contributed by atoms with Crippen molar-refractivity contribution < 1.29 is 9.59 Å². The number of hydrogen-bond donors (Lipinski definition) is 1. The maximum absolute atomic E-state index is 12.7. The molecule has 1 N–H and O–H groups in total. The van der Waals surface area contributed by atoms with Gasteiger partial charge in [0.2, 0.25) is 11.8 Å². The van der Waals surface area contributed by atoms with Crippen LogP contribution in [0.3, 0.4) is 0 Å². The summed E-state index contributed by atoms with van der Waals surface area (Å²) in [4.78, 5) is 28.8. The first-order valence-electron chi connectivity index (χ1n) is 9.79. The molecule has 1 heterocycles. The number of nitrogens with zero attached hydrogens (tertiary/aromatic N) is 2. The number of likely N-dealkylation sites (tertiary alicyclic amines) is 1. The third-order valence-corrected chi connectivity index (χ3v) is 5.60. The van der Waals surface area contributed by atoms with E-state index in [-0.39, 0.29) is 23.7 Å². The van der Waals surface area contributed by atoms with E-state index < -0.39 is 0 Å². The molecule has 5 heteroatoms. The molecular formula is C21H31N3O2. The number of nitrogens with one attached hydrogen (secondary N) is 1. The summed E-state index contributed by atoms with van der Waals surface area (Å²) in [6.07, 6.45) is 3.94. The quantitative estimate of drug-likeness (QED) is 0.809. The van der Waals surface area contributed by atoms with Crippen LogP contribution in [-0.2, 0) is 16.0 Å². The third kappa shape index (κ3) is 5.07. The number of rotatable bonds is 7. The van der Waals surface area contributed by atoms with Gasteiger partial charge in [0.15, 0.2) is 0 Å². The molecule has 1 aliphatic heterocycles. The van der Waals surface area contributed by atoms with E-state index in [0.29, 0.717) is 12.5 Å². The topological polar surface area (TPSA) is 52.7 Å². The molecule has 1 aliphatic carbocycles. The summed E-state index contributed by atoms with van der Waals surface area (Å²) in [5.74, 6) is 0.706. The average Bonchev–Trinajstić information content (AvgIpc) is 3.43. The predicted molar refractivity (Wildman–Crippen MR) is 103 cm³/mol. The zero-order chi connectivity index (χ0) is 18.5. The molecule has 1 aromatic carbocycles. The molecule has 2 atom stereocenters. The van der Waals surface area contributed by atoms with E-state index in [1.54, 1.807) is 0 Å². The first kappa shape index (κ1) is 18.9. The SMILES string of the molecule is CN(C)CCNC(=O)C1CC1C(=O)N1CCC(Cc2ccccc2)CC1. The molecule has 1 aromatic rings. The van der Waals surface area contributed by atoms with E-state index in [4.69, 9.17) is 0 Å². The highest BCUT2D eigenvalue weighted by molar-refractivity contribution is 5.92. The van der Waals surface area contributed by atoms with Crippen molar-refractivity contribution in [2.24, 2.45) is 17.8 Å². The summed E-state index contributed by atoms with van der Waals surface area (Å²) < 4.78 is 0. The summed E-state index contributed by atoms with van der Waals surface area (Å²) in [7, 11) is 3.97. The Morgan fingerprint density at radius 1 is 1.12 bits per heavy atom. The Balaban J connectivity index is 1.38. The van der Waals surface area contributed by atoms with Crippen LogP contribution in [0.25, 0.3) is 0 Å². The first-order chi connectivity index (χ1) is 12.5. The van der Waals surface area contributed by atoms with Gasteiger partial charge in [0.1, 0.15) is 0 Å². The highest BCUT2D eigenvalue weighted by Crippen LogP contribution is 2.40. The Hall–Kier alpha value is -1.88. The van der Waals surface area contributed by atoms with Crippen LogP contribution in [0.1, 0.15) is 24.8 Å². The van der Waals surface area contributed by atoms with Crippen LogP contribution in [0, 0.1) is 17.8 Å². The van der Waals surface area contributed by atoms with Crippen LogP contribution >= 0.6 is 0 Å². The summed E-state index contributed by atoms with van der Waals surface area (Å²) in [6, 6.07) is 10.6. The van der Waals surface area contributed by atoms with Crippen molar-refractivity contribution in [1.29, 1.82) is 0 Å². The van der Waals surface area contributed by atoms with Crippen LogP contribution < -0.4 is 5.32 Å². The summed E-state index contributed by atoms with van der Waals surface area (Å²) in [5, 5.41) is 2.95. The fourth-order valence-corrected chi connectivity index (χ4v) is 3.83. The number of benzene rings is 1. The number of hydrogen-bond acceptors (Lipinski definition) is 3. The van der Waals surface area contributed by atoms with E-state index in [2.05, 4.69) is 29.6 Å². The summed E-state index contributed by atoms with van der Waals surface area (Å²) in [6.45, 7) is 3.14. The molecule has 0 bridgehead atoms. The molecule has 26 heavy (non-hydrogen) atoms. The second-order valence-electron chi connectivity index (χ2n) is 8.00. The Morgan fingerprint density at radius 3 is 2.46 bits per heavy atom. The highest BCUT2D eigenvalue weighted by atomic mass is 16.2. The van der Waals surface area contributed by atoms with Gasteiger partial charge in [-0.3, -0.25) is 9.59 Å². The van der Waals surface area contributed by atoms with Gasteiger partial charge in [-0.15, -0.1) is 0 Å². The number of likely N-dealkylation sites (N-methyl/N-ethyl adjacent to an activating group) is 1. The second-order valence-corrected chi connectivity index (χ2v) is 8.00. The molecule has 1 saturated heterocycles. The van der Waals surface area contributed by atoms with E-state index in [9.17, 15) is 9.59 Å². The van der Waals surface area contributed by atoms with Crippen molar-refractivity contribution in [2.45, 2.75) is 25.7 Å². The van der Waals surface area contributed by atoms with Gasteiger partial charge in [-0.1, -0.05) is 30.3 Å². The predicted octanol–water partition coefficient (Wildman–Crippen LogP) is 1.78. The lowest BCUT2D eigenvalue weighted by molar-refractivity contribution is -0.136. The van der Waals surface area contributed by atoms with Crippen LogP contribution in [0.4, 0.5) is 0 Å². The van der Waals surface area contributed by atoms with Gasteiger partial charge in [-0.05, 0) is 51.3 Å². The molecule has 2 aliphatic rings. The molecule has 0 aromatic heterocycles. The van der Waals surface area contributed by atoms with Crippen LogP contribution in [0.5, 0.6) is 0 Å². The molecular weight excluding hydrogens is 326 g/mol. The maximum atomic E-state index is 12.7. The minimum Gasteiger partial charge on any atom is -0.355 e. The number of carbonyl (C=O) groups is 2. The van der Waals surface area contributed by atoms with Crippen molar-refractivity contribution >= 4 is 11.8 Å². The first-order valence-corrected chi connectivity index (χ1v) is 9.79. The Morgan fingerprint density at radius 2 is 1.81 bits per heavy atom. The monoisotopic (exact) mass is 357 g/mol.